The van der Waals surface area contributed by atoms with E-state index >= 15 is 0 Å². The first-order valence-corrected chi connectivity index (χ1v) is 13.4. The largest absolute Gasteiger partial charge is 0.497 e. The number of ether oxygens (including phenoxy) is 1. The molecule has 1 atom stereocenters. The molecule has 0 radical (unpaired) electrons. The van der Waals surface area contributed by atoms with E-state index in [2.05, 4.69) is 5.32 Å². The molecule has 0 aromatic heterocycles. The second-order valence-corrected chi connectivity index (χ2v) is 10.9. The van der Waals surface area contributed by atoms with E-state index in [0.717, 1.165) is 11.1 Å². The summed E-state index contributed by atoms with van der Waals surface area (Å²) in [5.74, 6) is 0.468. The summed E-state index contributed by atoms with van der Waals surface area (Å²) >= 11 is 1.34. The Balaban J connectivity index is 1.89. The smallest absolute Gasteiger partial charge is 0.243 e. The third kappa shape index (κ3) is 8.93. The molecule has 3 aromatic rings. The van der Waals surface area contributed by atoms with E-state index < -0.39 is 11.6 Å². The Morgan fingerprint density at radius 3 is 2.32 bits per heavy atom. The molecule has 0 aliphatic rings. The molecular formula is C30H35FN2O3S. The number of benzene rings is 3. The first-order valence-electron chi connectivity index (χ1n) is 12.3. The van der Waals surface area contributed by atoms with Crippen molar-refractivity contribution >= 4 is 23.6 Å². The third-order valence-electron chi connectivity index (χ3n) is 5.70. The second-order valence-electron chi connectivity index (χ2n) is 9.90. The number of amides is 2. The van der Waals surface area contributed by atoms with Gasteiger partial charge in [-0.05, 0) is 55.7 Å². The van der Waals surface area contributed by atoms with Gasteiger partial charge in [-0.3, -0.25) is 9.59 Å². The lowest BCUT2D eigenvalue weighted by atomic mass is 10.0. The first-order chi connectivity index (χ1) is 17.7. The summed E-state index contributed by atoms with van der Waals surface area (Å²) < 4.78 is 19.5. The topological polar surface area (TPSA) is 58.6 Å². The van der Waals surface area contributed by atoms with Crippen LogP contribution in [0, 0.1) is 5.82 Å². The highest BCUT2D eigenvalue weighted by atomic mass is 32.2. The average Bonchev–Trinajstić information content (AvgIpc) is 2.87. The Kier molecular flexibility index (Phi) is 10.1. The molecule has 0 fully saturated rings. The summed E-state index contributed by atoms with van der Waals surface area (Å²) in [6.45, 7) is 6.00. The summed E-state index contributed by atoms with van der Waals surface area (Å²) in [5.41, 5.74) is 1.90. The van der Waals surface area contributed by atoms with Gasteiger partial charge in [0, 0.05) is 24.3 Å². The van der Waals surface area contributed by atoms with E-state index in [1.807, 2.05) is 75.4 Å². The molecule has 0 saturated carbocycles. The highest BCUT2D eigenvalue weighted by Gasteiger charge is 2.32. The van der Waals surface area contributed by atoms with E-state index in [-0.39, 0.29) is 29.9 Å². The molecule has 0 aliphatic carbocycles. The maximum Gasteiger partial charge on any atom is 0.243 e. The van der Waals surface area contributed by atoms with Gasteiger partial charge in [0.15, 0.2) is 0 Å². The van der Waals surface area contributed by atoms with Gasteiger partial charge in [-0.2, -0.15) is 0 Å². The number of nitrogens with zero attached hydrogens (tertiary/aromatic N) is 1. The van der Waals surface area contributed by atoms with Crippen LogP contribution in [0.5, 0.6) is 5.75 Å². The Bertz CT molecular complexity index is 1180. The number of hydrogen-bond donors (Lipinski definition) is 1. The number of hydrogen-bond acceptors (Lipinski definition) is 4. The van der Waals surface area contributed by atoms with Crippen molar-refractivity contribution in [3.63, 3.8) is 0 Å². The number of methoxy groups -OCH3 is 1. The SMILES string of the molecule is COc1cccc(CN(C(=O)CSCc2ccccc2F)[C@@H](Cc2ccccc2)C(=O)NC(C)(C)C)c1. The summed E-state index contributed by atoms with van der Waals surface area (Å²) in [6.07, 6.45) is 0.371. The van der Waals surface area contributed by atoms with Gasteiger partial charge in [0.05, 0.1) is 12.9 Å². The standard InChI is InChI=1S/C30H35FN2O3S/c1-30(2,3)32-29(35)27(18-22-11-6-5-7-12-22)33(19-23-13-10-15-25(17-23)36-4)28(34)21-37-20-24-14-8-9-16-26(24)31/h5-17,27H,18-21H2,1-4H3,(H,32,35)/t27-/m0/s1. The molecule has 0 bridgehead atoms. The second kappa shape index (κ2) is 13.3. The van der Waals surface area contributed by atoms with E-state index in [1.54, 1.807) is 30.2 Å². The molecule has 0 unspecified atom stereocenters. The first kappa shape index (κ1) is 28.3. The third-order valence-corrected chi connectivity index (χ3v) is 6.66. The number of carbonyl (C=O) groups is 2. The zero-order chi connectivity index (χ0) is 26.8. The van der Waals surface area contributed by atoms with E-state index in [1.165, 1.54) is 17.8 Å². The van der Waals surface area contributed by atoms with Gasteiger partial charge in [0.1, 0.15) is 17.6 Å². The minimum absolute atomic E-state index is 0.117. The summed E-state index contributed by atoms with van der Waals surface area (Å²) in [7, 11) is 1.59. The fourth-order valence-electron chi connectivity index (χ4n) is 3.92. The molecule has 1 N–H and O–H groups in total. The van der Waals surface area contributed by atoms with E-state index in [0.29, 0.717) is 23.5 Å². The van der Waals surface area contributed by atoms with Gasteiger partial charge in [0.2, 0.25) is 11.8 Å². The Labute approximate surface area is 223 Å². The van der Waals surface area contributed by atoms with Crippen LogP contribution in [0.3, 0.4) is 0 Å². The summed E-state index contributed by atoms with van der Waals surface area (Å²) in [6, 6.07) is 23.0. The van der Waals surface area contributed by atoms with Crippen LogP contribution in [0.1, 0.15) is 37.5 Å². The van der Waals surface area contributed by atoms with Crippen molar-refractivity contribution in [3.8, 4) is 5.75 Å². The van der Waals surface area contributed by atoms with Gasteiger partial charge in [-0.1, -0.05) is 60.7 Å². The van der Waals surface area contributed by atoms with Crippen LogP contribution in [0.2, 0.25) is 0 Å². The zero-order valence-corrected chi connectivity index (χ0v) is 22.7. The number of carbonyl (C=O) groups excluding carboxylic acids is 2. The van der Waals surface area contributed by atoms with Gasteiger partial charge in [-0.25, -0.2) is 4.39 Å². The Hall–Kier alpha value is -3.32. The van der Waals surface area contributed by atoms with Crippen molar-refractivity contribution in [1.82, 2.24) is 10.2 Å². The van der Waals surface area contributed by atoms with Crippen LogP contribution in [-0.2, 0) is 28.3 Å². The van der Waals surface area contributed by atoms with Crippen LogP contribution in [0.25, 0.3) is 0 Å². The van der Waals surface area contributed by atoms with Crippen molar-refractivity contribution in [2.45, 2.75) is 51.1 Å². The molecule has 0 heterocycles. The molecule has 2 amide bonds. The molecule has 196 valence electrons. The zero-order valence-electron chi connectivity index (χ0n) is 21.9. The molecular weight excluding hydrogens is 487 g/mol. The van der Waals surface area contributed by atoms with Crippen molar-refractivity contribution < 1.29 is 18.7 Å². The highest BCUT2D eigenvalue weighted by Crippen LogP contribution is 2.21. The molecule has 7 heteroatoms. The van der Waals surface area contributed by atoms with Crippen LogP contribution < -0.4 is 10.1 Å². The number of thioether (sulfide) groups is 1. The molecule has 0 saturated heterocycles. The van der Waals surface area contributed by atoms with Crippen LogP contribution in [-0.4, -0.2) is 41.2 Å². The van der Waals surface area contributed by atoms with Crippen LogP contribution in [0.4, 0.5) is 4.39 Å². The quantitative estimate of drug-likeness (QED) is 0.355. The van der Waals surface area contributed by atoms with Crippen LogP contribution >= 0.6 is 11.8 Å². The van der Waals surface area contributed by atoms with Crippen molar-refractivity contribution in [1.29, 1.82) is 0 Å². The lowest BCUT2D eigenvalue weighted by Gasteiger charge is -2.34. The van der Waals surface area contributed by atoms with Crippen molar-refractivity contribution in [2.75, 3.05) is 12.9 Å². The lowest BCUT2D eigenvalue weighted by molar-refractivity contribution is -0.140. The van der Waals surface area contributed by atoms with Gasteiger partial charge in [0.25, 0.3) is 0 Å². The Morgan fingerprint density at radius 1 is 0.973 bits per heavy atom. The number of rotatable bonds is 11. The summed E-state index contributed by atoms with van der Waals surface area (Å²) in [4.78, 5) is 28.9. The molecule has 3 rings (SSSR count). The number of halogens is 1. The van der Waals surface area contributed by atoms with E-state index in [4.69, 9.17) is 4.74 Å². The van der Waals surface area contributed by atoms with Gasteiger partial charge < -0.3 is 15.0 Å². The van der Waals surface area contributed by atoms with E-state index in [9.17, 15) is 14.0 Å². The predicted molar refractivity (Wildman–Crippen MR) is 148 cm³/mol. The number of nitrogens with one attached hydrogen (secondary N) is 1. The average molecular weight is 523 g/mol. The van der Waals surface area contributed by atoms with Gasteiger partial charge >= 0.3 is 0 Å². The molecule has 37 heavy (non-hydrogen) atoms. The monoisotopic (exact) mass is 522 g/mol. The molecule has 5 nitrogen and oxygen atoms in total. The maximum atomic E-state index is 14.1. The van der Waals surface area contributed by atoms with Crippen molar-refractivity contribution in [2.24, 2.45) is 0 Å². The fourth-order valence-corrected chi connectivity index (χ4v) is 4.82. The van der Waals surface area contributed by atoms with Crippen molar-refractivity contribution in [3.05, 3.63) is 101 Å². The molecule has 3 aromatic carbocycles. The van der Waals surface area contributed by atoms with Crippen LogP contribution in [0.15, 0.2) is 78.9 Å². The minimum Gasteiger partial charge on any atom is -0.497 e. The maximum absolute atomic E-state index is 14.1. The normalized spacial score (nSPS) is 12.0. The Morgan fingerprint density at radius 2 is 1.65 bits per heavy atom. The highest BCUT2D eigenvalue weighted by molar-refractivity contribution is 7.99. The minimum atomic E-state index is -0.727. The lowest BCUT2D eigenvalue weighted by Crippen LogP contribution is -2.54. The summed E-state index contributed by atoms with van der Waals surface area (Å²) in [5, 5.41) is 3.06. The fraction of sp³-hybridized carbons (Fsp3) is 0.333. The molecule has 0 spiro atoms. The predicted octanol–water partition coefficient (Wildman–Crippen LogP) is 5.62. The molecule has 0 aliphatic heterocycles. The van der Waals surface area contributed by atoms with Gasteiger partial charge in [-0.15, -0.1) is 11.8 Å².